The van der Waals surface area contributed by atoms with Crippen LogP contribution in [0, 0.1) is 5.92 Å². The number of nitrogens with zero attached hydrogens (tertiary/aromatic N) is 1. The maximum atomic E-state index is 3.42. The molecule has 2 nitrogen and oxygen atoms in total. The summed E-state index contributed by atoms with van der Waals surface area (Å²) in [6, 6.07) is 9.35. The van der Waals surface area contributed by atoms with Gasteiger partial charge < -0.3 is 10.2 Å². The molecule has 0 aromatic heterocycles. The van der Waals surface area contributed by atoms with E-state index in [4.69, 9.17) is 0 Å². The van der Waals surface area contributed by atoms with Crippen LogP contribution in [0.25, 0.3) is 0 Å². The van der Waals surface area contributed by atoms with Gasteiger partial charge >= 0.3 is 0 Å². The standard InChI is InChI=1S/C14H22N2/c1-11(2)13(15-3)10-16-9-8-12-6-4-5-7-14(12)16/h4-7,11,13,15H,8-10H2,1-3H3. The molecule has 0 saturated heterocycles. The minimum Gasteiger partial charge on any atom is -0.369 e. The number of hydrogen-bond acceptors (Lipinski definition) is 2. The highest BCUT2D eigenvalue weighted by molar-refractivity contribution is 5.57. The quantitative estimate of drug-likeness (QED) is 0.834. The molecule has 1 aromatic carbocycles. The molecule has 1 atom stereocenters. The maximum Gasteiger partial charge on any atom is 0.0400 e. The molecule has 1 N–H and O–H groups in total. The zero-order chi connectivity index (χ0) is 11.5. The van der Waals surface area contributed by atoms with Gasteiger partial charge in [-0.3, -0.25) is 0 Å². The Balaban J connectivity index is 2.08. The fraction of sp³-hybridized carbons (Fsp3) is 0.571. The summed E-state index contributed by atoms with van der Waals surface area (Å²) >= 11 is 0. The number of likely N-dealkylation sites (N-methyl/N-ethyl adjacent to an activating group) is 1. The summed E-state index contributed by atoms with van der Waals surface area (Å²) < 4.78 is 0. The molecule has 0 saturated carbocycles. The third kappa shape index (κ3) is 2.22. The average molecular weight is 218 g/mol. The first-order chi connectivity index (χ1) is 7.72. The normalized spacial score (nSPS) is 16.6. The Bertz CT molecular complexity index is 346. The first-order valence-corrected chi connectivity index (χ1v) is 6.22. The molecule has 1 heterocycles. The zero-order valence-corrected chi connectivity index (χ0v) is 10.5. The Kier molecular flexibility index (Phi) is 3.49. The van der Waals surface area contributed by atoms with Crippen LogP contribution in [-0.2, 0) is 6.42 Å². The lowest BCUT2D eigenvalue weighted by atomic mass is 10.0. The smallest absolute Gasteiger partial charge is 0.0400 e. The van der Waals surface area contributed by atoms with Crippen molar-refractivity contribution in [2.45, 2.75) is 26.3 Å². The first kappa shape index (κ1) is 11.5. The molecule has 0 radical (unpaired) electrons. The van der Waals surface area contributed by atoms with Crippen molar-refractivity contribution in [3.63, 3.8) is 0 Å². The molecule has 2 rings (SSSR count). The number of benzene rings is 1. The lowest BCUT2D eigenvalue weighted by Gasteiger charge is -2.28. The maximum absolute atomic E-state index is 3.42. The third-order valence-electron chi connectivity index (χ3n) is 3.58. The fourth-order valence-electron chi connectivity index (χ4n) is 2.47. The lowest BCUT2D eigenvalue weighted by molar-refractivity contribution is 0.426. The van der Waals surface area contributed by atoms with E-state index in [0.29, 0.717) is 12.0 Å². The highest BCUT2D eigenvalue weighted by Crippen LogP contribution is 2.27. The SMILES string of the molecule is CNC(CN1CCc2ccccc21)C(C)C. The molecule has 1 aliphatic rings. The first-order valence-electron chi connectivity index (χ1n) is 6.22. The van der Waals surface area contributed by atoms with Crippen LogP contribution in [0.3, 0.4) is 0 Å². The number of para-hydroxylation sites is 1. The average Bonchev–Trinajstić information content (AvgIpc) is 2.69. The molecule has 1 aromatic rings. The Morgan fingerprint density at radius 3 is 2.75 bits per heavy atom. The van der Waals surface area contributed by atoms with Crippen LogP contribution in [0.1, 0.15) is 19.4 Å². The van der Waals surface area contributed by atoms with Crippen LogP contribution in [0.2, 0.25) is 0 Å². The second kappa shape index (κ2) is 4.88. The molecule has 1 unspecified atom stereocenters. The summed E-state index contributed by atoms with van der Waals surface area (Å²) in [7, 11) is 2.06. The van der Waals surface area contributed by atoms with Gasteiger partial charge in [0.15, 0.2) is 0 Å². The molecule has 2 heteroatoms. The van der Waals surface area contributed by atoms with Crippen LogP contribution in [0.15, 0.2) is 24.3 Å². The minimum atomic E-state index is 0.575. The summed E-state index contributed by atoms with van der Waals surface area (Å²) in [6.45, 7) is 6.85. The van der Waals surface area contributed by atoms with E-state index >= 15 is 0 Å². The van der Waals surface area contributed by atoms with Crippen molar-refractivity contribution in [2.24, 2.45) is 5.92 Å². The summed E-state index contributed by atoms with van der Waals surface area (Å²) in [5, 5.41) is 3.42. The van der Waals surface area contributed by atoms with E-state index in [0.717, 1.165) is 6.54 Å². The highest BCUT2D eigenvalue weighted by Gasteiger charge is 2.22. The van der Waals surface area contributed by atoms with Crippen LogP contribution >= 0.6 is 0 Å². The number of fused-ring (bicyclic) bond motifs is 1. The van der Waals surface area contributed by atoms with Crippen LogP contribution in [0.5, 0.6) is 0 Å². The van der Waals surface area contributed by atoms with Crippen LogP contribution < -0.4 is 10.2 Å². The van der Waals surface area contributed by atoms with Crippen molar-refractivity contribution in [1.82, 2.24) is 5.32 Å². The summed E-state index contributed by atoms with van der Waals surface area (Å²) in [6.07, 6.45) is 1.20. The molecule has 0 bridgehead atoms. The van der Waals surface area contributed by atoms with Crippen LogP contribution in [0.4, 0.5) is 5.69 Å². The van der Waals surface area contributed by atoms with Crippen molar-refractivity contribution in [2.75, 3.05) is 25.0 Å². The van der Waals surface area contributed by atoms with Gasteiger partial charge in [-0.15, -0.1) is 0 Å². The number of anilines is 1. The van der Waals surface area contributed by atoms with Gasteiger partial charge in [-0.25, -0.2) is 0 Å². The van der Waals surface area contributed by atoms with Gasteiger partial charge in [-0.2, -0.15) is 0 Å². The number of rotatable bonds is 4. The van der Waals surface area contributed by atoms with Gasteiger partial charge in [-0.05, 0) is 31.0 Å². The van der Waals surface area contributed by atoms with Gasteiger partial charge in [0.1, 0.15) is 0 Å². The Labute approximate surface area is 98.7 Å². The number of nitrogens with one attached hydrogen (secondary N) is 1. The summed E-state index contributed by atoms with van der Waals surface area (Å²) in [5.41, 5.74) is 2.93. The zero-order valence-electron chi connectivity index (χ0n) is 10.5. The van der Waals surface area contributed by atoms with E-state index in [1.54, 1.807) is 0 Å². The van der Waals surface area contributed by atoms with E-state index in [-0.39, 0.29) is 0 Å². The molecule has 88 valence electrons. The van der Waals surface area contributed by atoms with Crippen molar-refractivity contribution >= 4 is 5.69 Å². The van der Waals surface area contributed by atoms with E-state index < -0.39 is 0 Å². The molecule has 0 aliphatic carbocycles. The van der Waals surface area contributed by atoms with Crippen molar-refractivity contribution in [3.05, 3.63) is 29.8 Å². The Hall–Kier alpha value is -1.02. The molecular formula is C14H22N2. The minimum absolute atomic E-state index is 0.575. The van der Waals surface area contributed by atoms with Gasteiger partial charge in [0.05, 0.1) is 0 Å². The highest BCUT2D eigenvalue weighted by atomic mass is 15.2. The lowest BCUT2D eigenvalue weighted by Crippen LogP contribution is -2.42. The van der Waals surface area contributed by atoms with Gasteiger partial charge in [0.25, 0.3) is 0 Å². The van der Waals surface area contributed by atoms with Crippen molar-refractivity contribution in [1.29, 1.82) is 0 Å². The predicted octanol–water partition coefficient (Wildman–Crippen LogP) is 2.29. The number of hydrogen-bond donors (Lipinski definition) is 1. The van der Waals surface area contributed by atoms with Gasteiger partial charge in [0.2, 0.25) is 0 Å². The monoisotopic (exact) mass is 218 g/mol. The molecular weight excluding hydrogens is 196 g/mol. The van der Waals surface area contributed by atoms with Crippen molar-refractivity contribution < 1.29 is 0 Å². The Morgan fingerprint density at radius 2 is 2.06 bits per heavy atom. The molecule has 1 aliphatic heterocycles. The van der Waals surface area contributed by atoms with Gasteiger partial charge in [0, 0.05) is 24.8 Å². The van der Waals surface area contributed by atoms with E-state index in [1.807, 2.05) is 0 Å². The second-order valence-electron chi connectivity index (χ2n) is 4.96. The van der Waals surface area contributed by atoms with E-state index in [1.165, 1.54) is 24.2 Å². The summed E-state index contributed by atoms with van der Waals surface area (Å²) in [5.74, 6) is 0.678. The molecule has 0 fully saturated rings. The van der Waals surface area contributed by atoms with E-state index in [9.17, 15) is 0 Å². The summed E-state index contributed by atoms with van der Waals surface area (Å²) in [4.78, 5) is 2.51. The fourth-order valence-corrected chi connectivity index (χ4v) is 2.47. The Morgan fingerprint density at radius 1 is 1.31 bits per heavy atom. The predicted molar refractivity (Wildman–Crippen MR) is 70.0 cm³/mol. The van der Waals surface area contributed by atoms with E-state index in [2.05, 4.69) is 55.4 Å². The molecule has 0 spiro atoms. The van der Waals surface area contributed by atoms with Crippen molar-refractivity contribution in [3.8, 4) is 0 Å². The molecule has 16 heavy (non-hydrogen) atoms. The second-order valence-corrected chi connectivity index (χ2v) is 4.96. The van der Waals surface area contributed by atoms with Crippen LogP contribution in [-0.4, -0.2) is 26.2 Å². The van der Waals surface area contributed by atoms with Gasteiger partial charge in [-0.1, -0.05) is 32.0 Å². The largest absolute Gasteiger partial charge is 0.369 e. The topological polar surface area (TPSA) is 15.3 Å². The molecule has 0 amide bonds. The third-order valence-corrected chi connectivity index (χ3v) is 3.58.